The fraction of sp³-hybridized carbons (Fsp3) is 0.111. The van der Waals surface area contributed by atoms with Crippen molar-refractivity contribution in [1.29, 1.82) is 0 Å². The minimum atomic E-state index is -0.0745. The van der Waals surface area contributed by atoms with Crippen LogP contribution in [0.15, 0.2) is 97.7 Å². The molecule has 1 N–H and O–H groups in total. The van der Waals surface area contributed by atoms with Gasteiger partial charge < -0.3 is 5.32 Å². The smallest absolute Gasteiger partial charge is 0.224 e. The number of aromatic nitrogens is 5. The van der Waals surface area contributed by atoms with E-state index in [2.05, 4.69) is 21.5 Å². The average molecular weight is 483 g/mol. The summed E-state index contributed by atoms with van der Waals surface area (Å²) in [5.74, 6) is -0.0745. The normalized spacial score (nSPS) is 10.9. The van der Waals surface area contributed by atoms with Gasteiger partial charge >= 0.3 is 0 Å². The van der Waals surface area contributed by atoms with Gasteiger partial charge in [0.15, 0.2) is 0 Å². The fourth-order valence-corrected chi connectivity index (χ4v) is 4.00. The molecule has 0 saturated heterocycles. The maximum Gasteiger partial charge on any atom is 0.224 e. The Hall–Kier alpha value is -4.23. The van der Waals surface area contributed by atoms with E-state index in [1.54, 1.807) is 15.7 Å². The molecule has 35 heavy (non-hydrogen) atoms. The second-order valence-electron chi connectivity index (χ2n) is 8.16. The molecular formula is C27H23ClN6O. The Kier molecular flexibility index (Phi) is 6.68. The zero-order valence-corrected chi connectivity index (χ0v) is 19.6. The van der Waals surface area contributed by atoms with Crippen molar-refractivity contribution < 1.29 is 4.79 Å². The maximum atomic E-state index is 12.9. The van der Waals surface area contributed by atoms with Crippen molar-refractivity contribution >= 4 is 17.5 Å². The molecule has 0 saturated carbocycles. The van der Waals surface area contributed by atoms with Crippen LogP contribution in [0.2, 0.25) is 5.02 Å². The molecule has 0 bridgehead atoms. The lowest BCUT2D eigenvalue weighted by molar-refractivity contribution is -0.120. The number of hydrogen-bond donors (Lipinski definition) is 1. The van der Waals surface area contributed by atoms with Crippen LogP contribution in [-0.2, 0) is 24.3 Å². The van der Waals surface area contributed by atoms with E-state index in [9.17, 15) is 4.79 Å². The van der Waals surface area contributed by atoms with Crippen molar-refractivity contribution in [3.05, 3.63) is 119 Å². The molecule has 5 rings (SSSR count). The van der Waals surface area contributed by atoms with Gasteiger partial charge in [-0.05, 0) is 35.4 Å². The number of para-hydroxylation sites is 1. The van der Waals surface area contributed by atoms with Crippen LogP contribution >= 0.6 is 11.6 Å². The summed E-state index contributed by atoms with van der Waals surface area (Å²) in [6, 6.07) is 25.4. The number of nitrogens with zero attached hydrogens (tertiary/aromatic N) is 5. The number of amides is 1. The van der Waals surface area contributed by atoms with Crippen molar-refractivity contribution in [3.8, 4) is 16.9 Å². The highest BCUT2D eigenvalue weighted by Crippen LogP contribution is 2.25. The summed E-state index contributed by atoms with van der Waals surface area (Å²) in [5.41, 5.74) is 5.56. The first-order valence-electron chi connectivity index (χ1n) is 11.2. The van der Waals surface area contributed by atoms with E-state index in [1.807, 2.05) is 79.0 Å². The lowest BCUT2D eigenvalue weighted by Gasteiger charge is -2.08. The van der Waals surface area contributed by atoms with Crippen LogP contribution in [0.25, 0.3) is 16.9 Å². The van der Waals surface area contributed by atoms with Gasteiger partial charge in [0.2, 0.25) is 5.91 Å². The number of carbonyl (C=O) groups excluding carboxylic acids is 1. The van der Waals surface area contributed by atoms with Crippen LogP contribution in [0, 0.1) is 0 Å². The van der Waals surface area contributed by atoms with Crippen molar-refractivity contribution in [2.75, 3.05) is 0 Å². The fourth-order valence-electron chi connectivity index (χ4n) is 3.88. The Morgan fingerprint density at radius 3 is 2.51 bits per heavy atom. The van der Waals surface area contributed by atoms with E-state index in [4.69, 9.17) is 16.7 Å². The standard InChI is InChI=1S/C27H23ClN6O/c28-24-11-9-22(10-12-24)27-23(17-34(32-27)25-7-2-1-3-8-25)14-26(35)30-15-20-5-4-6-21(13-20)16-33-19-29-18-31-33/h1-13,17-19H,14-16H2,(H,30,35). The first-order valence-corrected chi connectivity index (χ1v) is 11.6. The number of halogens is 1. The Labute approximate surface area is 208 Å². The van der Waals surface area contributed by atoms with Crippen molar-refractivity contribution in [2.45, 2.75) is 19.5 Å². The van der Waals surface area contributed by atoms with Gasteiger partial charge in [0.25, 0.3) is 0 Å². The van der Waals surface area contributed by atoms with Crippen LogP contribution in [0.3, 0.4) is 0 Å². The molecule has 0 aliphatic rings. The molecule has 0 unspecified atom stereocenters. The lowest BCUT2D eigenvalue weighted by atomic mass is 10.1. The van der Waals surface area contributed by atoms with Crippen molar-refractivity contribution in [1.82, 2.24) is 29.9 Å². The molecule has 2 heterocycles. The SMILES string of the molecule is O=C(Cc1cn(-c2ccccc2)nc1-c1ccc(Cl)cc1)NCc1cccc(Cn2cncn2)c1. The Bertz CT molecular complexity index is 1410. The Morgan fingerprint density at radius 1 is 0.943 bits per heavy atom. The largest absolute Gasteiger partial charge is 0.352 e. The van der Waals surface area contributed by atoms with E-state index in [0.717, 1.165) is 33.6 Å². The van der Waals surface area contributed by atoms with Crippen LogP contribution in [0.1, 0.15) is 16.7 Å². The predicted octanol–water partition coefficient (Wildman–Crippen LogP) is 4.69. The van der Waals surface area contributed by atoms with E-state index in [0.29, 0.717) is 18.1 Å². The minimum absolute atomic E-state index is 0.0745. The summed E-state index contributed by atoms with van der Waals surface area (Å²) in [7, 11) is 0. The molecule has 1 amide bonds. The number of benzene rings is 3. The second kappa shape index (κ2) is 10.4. The average Bonchev–Trinajstić information content (AvgIpc) is 3.54. The van der Waals surface area contributed by atoms with Gasteiger partial charge in [-0.15, -0.1) is 0 Å². The summed E-state index contributed by atoms with van der Waals surface area (Å²) in [6.45, 7) is 1.07. The monoisotopic (exact) mass is 482 g/mol. The molecule has 174 valence electrons. The Morgan fingerprint density at radius 2 is 1.74 bits per heavy atom. The molecule has 5 aromatic rings. The summed E-state index contributed by atoms with van der Waals surface area (Å²) >= 11 is 6.08. The number of rotatable bonds is 8. The third-order valence-electron chi connectivity index (χ3n) is 5.57. The quantitative estimate of drug-likeness (QED) is 0.348. The highest BCUT2D eigenvalue weighted by atomic mass is 35.5. The van der Waals surface area contributed by atoms with E-state index >= 15 is 0 Å². The van der Waals surface area contributed by atoms with Crippen LogP contribution < -0.4 is 5.32 Å². The third-order valence-corrected chi connectivity index (χ3v) is 5.82. The predicted molar refractivity (Wildman–Crippen MR) is 135 cm³/mol. The first-order chi connectivity index (χ1) is 17.1. The van der Waals surface area contributed by atoms with Gasteiger partial charge in [-0.3, -0.25) is 4.79 Å². The molecular weight excluding hydrogens is 460 g/mol. The highest BCUT2D eigenvalue weighted by Gasteiger charge is 2.15. The minimum Gasteiger partial charge on any atom is -0.352 e. The highest BCUT2D eigenvalue weighted by molar-refractivity contribution is 6.30. The van der Waals surface area contributed by atoms with E-state index < -0.39 is 0 Å². The molecule has 0 fully saturated rings. The van der Waals surface area contributed by atoms with Gasteiger partial charge in [-0.2, -0.15) is 10.2 Å². The second-order valence-corrected chi connectivity index (χ2v) is 8.59. The molecule has 8 heteroatoms. The number of hydrogen-bond acceptors (Lipinski definition) is 4. The van der Waals surface area contributed by atoms with Gasteiger partial charge in [0.1, 0.15) is 12.7 Å². The van der Waals surface area contributed by atoms with Gasteiger partial charge in [-0.25, -0.2) is 14.3 Å². The van der Waals surface area contributed by atoms with Gasteiger partial charge in [-0.1, -0.05) is 66.2 Å². The molecule has 0 aliphatic heterocycles. The number of carbonyl (C=O) groups is 1. The maximum absolute atomic E-state index is 12.9. The first kappa shape index (κ1) is 22.6. The van der Waals surface area contributed by atoms with Crippen LogP contribution in [0.5, 0.6) is 0 Å². The molecule has 0 spiro atoms. The van der Waals surface area contributed by atoms with Crippen LogP contribution in [0.4, 0.5) is 0 Å². The van der Waals surface area contributed by atoms with Crippen molar-refractivity contribution in [2.24, 2.45) is 0 Å². The molecule has 0 aliphatic carbocycles. The molecule has 3 aromatic carbocycles. The molecule has 0 atom stereocenters. The van der Waals surface area contributed by atoms with Gasteiger partial charge in [0.05, 0.1) is 24.3 Å². The summed E-state index contributed by atoms with van der Waals surface area (Å²) in [4.78, 5) is 16.9. The molecule has 0 radical (unpaired) electrons. The molecule has 2 aromatic heterocycles. The molecule has 7 nitrogen and oxygen atoms in total. The summed E-state index contributed by atoms with van der Waals surface area (Å²) in [6.07, 6.45) is 5.33. The zero-order valence-electron chi connectivity index (χ0n) is 18.9. The topological polar surface area (TPSA) is 77.6 Å². The number of nitrogens with one attached hydrogen (secondary N) is 1. The van der Waals surface area contributed by atoms with E-state index in [1.165, 1.54) is 6.33 Å². The Balaban J connectivity index is 1.31. The lowest BCUT2D eigenvalue weighted by Crippen LogP contribution is -2.24. The summed E-state index contributed by atoms with van der Waals surface area (Å²) in [5, 5.41) is 12.6. The third kappa shape index (κ3) is 5.65. The van der Waals surface area contributed by atoms with Crippen LogP contribution in [-0.4, -0.2) is 30.5 Å². The van der Waals surface area contributed by atoms with E-state index in [-0.39, 0.29) is 12.3 Å². The van der Waals surface area contributed by atoms with Crippen molar-refractivity contribution in [3.63, 3.8) is 0 Å². The van der Waals surface area contributed by atoms with Gasteiger partial charge in [0, 0.05) is 28.9 Å². The zero-order chi connectivity index (χ0) is 24.0. The summed E-state index contributed by atoms with van der Waals surface area (Å²) < 4.78 is 3.57.